The number of aryl methyl sites for hydroxylation is 2. The highest BCUT2D eigenvalue weighted by Gasteiger charge is 2.16. The van der Waals surface area contributed by atoms with Gasteiger partial charge in [-0.1, -0.05) is 17.7 Å². The topological polar surface area (TPSA) is 89.8 Å². The third kappa shape index (κ3) is 3.44. The van der Waals surface area contributed by atoms with Crippen LogP contribution in [0.15, 0.2) is 12.1 Å². The average Bonchev–Trinajstić information content (AvgIpc) is 2.25. The van der Waals surface area contributed by atoms with Crippen molar-refractivity contribution in [2.24, 2.45) is 0 Å². The second-order valence-corrected chi connectivity index (χ2v) is 4.04. The number of hydrogen-bond donors (Lipinski definition) is 4. The number of aliphatic carboxylic acids is 1. The van der Waals surface area contributed by atoms with Crippen molar-refractivity contribution in [2.45, 2.75) is 26.4 Å². The first-order valence-corrected chi connectivity index (χ1v) is 5.31. The summed E-state index contributed by atoms with van der Waals surface area (Å²) in [6.45, 7) is 3.40. The molecule has 0 aliphatic heterocycles. The predicted octanol–water partition coefficient (Wildman–Crippen LogP) is 0.544. The van der Waals surface area contributed by atoms with Crippen molar-refractivity contribution in [1.82, 2.24) is 5.32 Å². The highest BCUT2D eigenvalue weighted by Crippen LogP contribution is 2.23. The van der Waals surface area contributed by atoms with Gasteiger partial charge in [-0.25, -0.2) is 0 Å². The molecule has 0 spiro atoms. The Hall–Kier alpha value is -1.59. The van der Waals surface area contributed by atoms with Crippen molar-refractivity contribution in [2.75, 3.05) is 6.61 Å². The lowest BCUT2D eigenvalue weighted by Crippen LogP contribution is -2.39. The van der Waals surface area contributed by atoms with Crippen LogP contribution in [-0.2, 0) is 11.3 Å². The second-order valence-electron chi connectivity index (χ2n) is 4.04. The number of benzene rings is 1. The van der Waals surface area contributed by atoms with E-state index >= 15 is 0 Å². The summed E-state index contributed by atoms with van der Waals surface area (Å²) in [6, 6.07) is 2.61. The molecule has 4 N–H and O–H groups in total. The Kier molecular flexibility index (Phi) is 4.48. The van der Waals surface area contributed by atoms with Crippen LogP contribution in [0.5, 0.6) is 5.75 Å². The van der Waals surface area contributed by atoms with Gasteiger partial charge in [-0.2, -0.15) is 0 Å². The van der Waals surface area contributed by atoms with E-state index in [1.54, 1.807) is 13.0 Å². The summed E-state index contributed by atoms with van der Waals surface area (Å²) in [5.41, 5.74) is 2.37. The number of carboxylic acids is 1. The van der Waals surface area contributed by atoms with Gasteiger partial charge in [0.15, 0.2) is 0 Å². The molecule has 0 radical (unpaired) electrons. The number of phenols is 1. The third-order valence-electron chi connectivity index (χ3n) is 2.54. The molecule has 5 heteroatoms. The quantitative estimate of drug-likeness (QED) is 0.602. The summed E-state index contributed by atoms with van der Waals surface area (Å²) in [4.78, 5) is 10.7. The van der Waals surface area contributed by atoms with Gasteiger partial charge in [-0.15, -0.1) is 0 Å². The zero-order valence-electron chi connectivity index (χ0n) is 9.90. The number of phenolic OH excluding ortho intramolecular Hbond substituents is 1. The molecule has 17 heavy (non-hydrogen) atoms. The molecule has 0 bridgehead atoms. The molecule has 0 aliphatic carbocycles. The number of aromatic hydroxyl groups is 1. The highest BCUT2D eigenvalue weighted by molar-refractivity contribution is 5.73. The lowest BCUT2D eigenvalue weighted by atomic mass is 10.1. The van der Waals surface area contributed by atoms with Crippen LogP contribution in [0.25, 0.3) is 0 Å². The number of carboxylic acid groups (broad SMARTS) is 1. The van der Waals surface area contributed by atoms with E-state index in [9.17, 15) is 9.90 Å². The maximum atomic E-state index is 10.7. The van der Waals surface area contributed by atoms with Crippen LogP contribution in [0.4, 0.5) is 0 Å². The van der Waals surface area contributed by atoms with Crippen LogP contribution in [0.3, 0.4) is 0 Å². The van der Waals surface area contributed by atoms with Gasteiger partial charge in [0.05, 0.1) is 6.61 Å². The van der Waals surface area contributed by atoms with Gasteiger partial charge in [0.25, 0.3) is 0 Å². The monoisotopic (exact) mass is 239 g/mol. The fourth-order valence-electron chi connectivity index (χ4n) is 1.65. The minimum absolute atomic E-state index is 0.158. The number of carbonyl (C=O) groups is 1. The van der Waals surface area contributed by atoms with Crippen LogP contribution in [0, 0.1) is 13.8 Å². The molecule has 0 aromatic heterocycles. The molecule has 1 rings (SSSR count). The minimum atomic E-state index is -1.11. The fourth-order valence-corrected chi connectivity index (χ4v) is 1.65. The van der Waals surface area contributed by atoms with Crippen molar-refractivity contribution < 1.29 is 20.1 Å². The van der Waals surface area contributed by atoms with Crippen molar-refractivity contribution in [3.63, 3.8) is 0 Å². The van der Waals surface area contributed by atoms with Gasteiger partial charge in [0, 0.05) is 12.1 Å². The number of hydrogen-bond acceptors (Lipinski definition) is 4. The molecule has 0 aliphatic rings. The summed E-state index contributed by atoms with van der Waals surface area (Å²) in [5, 5.41) is 30.1. The molecule has 0 heterocycles. The smallest absolute Gasteiger partial charge is 0.323 e. The molecular formula is C12H17NO4. The molecule has 94 valence electrons. The van der Waals surface area contributed by atoms with Crippen LogP contribution in [0.2, 0.25) is 0 Å². The van der Waals surface area contributed by atoms with E-state index in [2.05, 4.69) is 5.32 Å². The van der Waals surface area contributed by atoms with Gasteiger partial charge in [0.2, 0.25) is 0 Å². The minimum Gasteiger partial charge on any atom is -0.507 e. The maximum absolute atomic E-state index is 10.7. The fraction of sp³-hybridized carbons (Fsp3) is 0.417. The standard InChI is InChI=1S/C12H17NO4/c1-7-3-8(2)11(15)9(4-7)5-13-10(6-14)12(16)17/h3-4,10,13-15H,5-6H2,1-2H3,(H,16,17). The van der Waals surface area contributed by atoms with Crippen molar-refractivity contribution >= 4 is 5.97 Å². The van der Waals surface area contributed by atoms with E-state index in [0.29, 0.717) is 5.56 Å². The summed E-state index contributed by atoms with van der Waals surface area (Å²) in [7, 11) is 0. The summed E-state index contributed by atoms with van der Waals surface area (Å²) >= 11 is 0. The molecule has 5 nitrogen and oxygen atoms in total. The lowest BCUT2D eigenvalue weighted by Gasteiger charge is -2.14. The summed E-state index contributed by atoms with van der Waals surface area (Å²) in [6.07, 6.45) is 0. The van der Waals surface area contributed by atoms with Crippen LogP contribution in [-0.4, -0.2) is 33.9 Å². The Morgan fingerprint density at radius 1 is 1.41 bits per heavy atom. The van der Waals surface area contributed by atoms with Crippen molar-refractivity contribution in [1.29, 1.82) is 0 Å². The SMILES string of the molecule is Cc1cc(C)c(O)c(CNC(CO)C(=O)O)c1. The molecule has 0 fully saturated rings. The van der Waals surface area contributed by atoms with E-state index < -0.39 is 18.6 Å². The lowest BCUT2D eigenvalue weighted by molar-refractivity contribution is -0.140. The molecule has 0 saturated carbocycles. The zero-order valence-corrected chi connectivity index (χ0v) is 9.90. The second kappa shape index (κ2) is 5.65. The summed E-state index contributed by atoms with van der Waals surface area (Å²) in [5.74, 6) is -0.957. The van der Waals surface area contributed by atoms with Gasteiger partial charge in [0.1, 0.15) is 11.8 Å². The molecule has 1 aromatic rings. The highest BCUT2D eigenvalue weighted by atomic mass is 16.4. The van der Waals surface area contributed by atoms with E-state index in [-0.39, 0.29) is 12.3 Å². The Morgan fingerprint density at radius 2 is 2.06 bits per heavy atom. The van der Waals surface area contributed by atoms with E-state index in [0.717, 1.165) is 11.1 Å². The normalized spacial score (nSPS) is 12.4. The maximum Gasteiger partial charge on any atom is 0.323 e. The Labute approximate surface area is 99.7 Å². The van der Waals surface area contributed by atoms with Crippen LogP contribution in [0.1, 0.15) is 16.7 Å². The molecular weight excluding hydrogens is 222 g/mol. The van der Waals surface area contributed by atoms with E-state index in [1.165, 1.54) is 0 Å². The van der Waals surface area contributed by atoms with Crippen molar-refractivity contribution in [3.05, 3.63) is 28.8 Å². The summed E-state index contributed by atoms with van der Waals surface area (Å²) < 4.78 is 0. The molecule has 0 saturated heterocycles. The Bertz CT molecular complexity index is 417. The van der Waals surface area contributed by atoms with Crippen LogP contribution < -0.4 is 5.32 Å². The number of aliphatic hydroxyl groups is 1. The van der Waals surface area contributed by atoms with E-state index in [1.807, 2.05) is 13.0 Å². The van der Waals surface area contributed by atoms with Crippen LogP contribution >= 0.6 is 0 Å². The average molecular weight is 239 g/mol. The first-order chi connectivity index (χ1) is 7.95. The first-order valence-electron chi connectivity index (χ1n) is 5.31. The number of aliphatic hydroxyl groups excluding tert-OH is 1. The predicted molar refractivity (Wildman–Crippen MR) is 62.9 cm³/mol. The zero-order chi connectivity index (χ0) is 13.0. The Morgan fingerprint density at radius 3 is 2.59 bits per heavy atom. The number of rotatable bonds is 5. The molecule has 0 amide bonds. The van der Waals surface area contributed by atoms with Gasteiger partial charge in [-0.3, -0.25) is 10.1 Å². The molecule has 1 aromatic carbocycles. The largest absolute Gasteiger partial charge is 0.507 e. The van der Waals surface area contributed by atoms with Gasteiger partial charge >= 0.3 is 5.97 Å². The third-order valence-corrected chi connectivity index (χ3v) is 2.54. The first kappa shape index (κ1) is 13.5. The molecule has 1 unspecified atom stereocenters. The van der Waals surface area contributed by atoms with Gasteiger partial charge in [-0.05, 0) is 19.4 Å². The van der Waals surface area contributed by atoms with Crippen molar-refractivity contribution in [3.8, 4) is 5.75 Å². The number of nitrogens with one attached hydrogen (secondary N) is 1. The Balaban J connectivity index is 2.78. The van der Waals surface area contributed by atoms with Gasteiger partial charge < -0.3 is 15.3 Å². The van der Waals surface area contributed by atoms with E-state index in [4.69, 9.17) is 10.2 Å². The molecule has 1 atom stereocenters.